The van der Waals surface area contributed by atoms with Crippen LogP contribution in [0, 0.1) is 0 Å². The standard InChI is InChI=1S/C20H23NO5/c1-24-17-8-5-15(13-19(17)26-3)10-11-21-20(23)9-6-14-4-7-16(22)18(12-14)25-2/h4-9,12-13,22H,10-11H2,1-3H3,(H,21,23)/b9-6+. The van der Waals surface area contributed by atoms with E-state index in [0.717, 1.165) is 11.1 Å². The molecule has 1 amide bonds. The second-order valence-electron chi connectivity index (χ2n) is 5.49. The van der Waals surface area contributed by atoms with Crippen molar-refractivity contribution < 1.29 is 24.1 Å². The van der Waals surface area contributed by atoms with Gasteiger partial charge in [-0.3, -0.25) is 4.79 Å². The van der Waals surface area contributed by atoms with Gasteiger partial charge in [-0.1, -0.05) is 12.1 Å². The molecule has 0 saturated carbocycles. The molecule has 0 fully saturated rings. The lowest BCUT2D eigenvalue weighted by Gasteiger charge is -2.09. The summed E-state index contributed by atoms with van der Waals surface area (Å²) < 4.78 is 15.5. The molecule has 2 N–H and O–H groups in total. The molecule has 0 unspecified atom stereocenters. The highest BCUT2D eigenvalue weighted by Crippen LogP contribution is 2.28. The number of methoxy groups -OCH3 is 3. The quantitative estimate of drug-likeness (QED) is 0.711. The molecule has 2 rings (SSSR count). The molecule has 0 aromatic heterocycles. The summed E-state index contributed by atoms with van der Waals surface area (Å²) in [5.41, 5.74) is 1.80. The largest absolute Gasteiger partial charge is 0.504 e. The first kappa shape index (κ1) is 19.2. The van der Waals surface area contributed by atoms with Gasteiger partial charge in [0.25, 0.3) is 0 Å². The topological polar surface area (TPSA) is 77.0 Å². The lowest BCUT2D eigenvalue weighted by Crippen LogP contribution is -2.23. The van der Waals surface area contributed by atoms with Gasteiger partial charge in [0.1, 0.15) is 0 Å². The number of hydrogen-bond acceptors (Lipinski definition) is 5. The number of aromatic hydroxyl groups is 1. The van der Waals surface area contributed by atoms with Gasteiger partial charge in [0, 0.05) is 12.6 Å². The molecule has 6 nitrogen and oxygen atoms in total. The SMILES string of the molecule is COc1cc(/C=C/C(=O)NCCc2ccc(OC)c(OC)c2)ccc1O. The molecule has 2 aromatic carbocycles. The van der Waals surface area contributed by atoms with E-state index in [1.54, 1.807) is 32.4 Å². The van der Waals surface area contributed by atoms with Crippen molar-refractivity contribution in [1.29, 1.82) is 0 Å². The summed E-state index contributed by atoms with van der Waals surface area (Å²) in [6.07, 6.45) is 3.78. The van der Waals surface area contributed by atoms with Gasteiger partial charge in [-0.2, -0.15) is 0 Å². The maximum Gasteiger partial charge on any atom is 0.244 e. The Morgan fingerprint density at radius 1 is 1.00 bits per heavy atom. The first-order valence-corrected chi connectivity index (χ1v) is 8.11. The molecule has 0 aliphatic rings. The van der Waals surface area contributed by atoms with E-state index >= 15 is 0 Å². The fourth-order valence-corrected chi connectivity index (χ4v) is 2.39. The van der Waals surface area contributed by atoms with Crippen molar-refractivity contribution in [3.8, 4) is 23.0 Å². The van der Waals surface area contributed by atoms with Crippen LogP contribution in [0.4, 0.5) is 0 Å². The Morgan fingerprint density at radius 3 is 2.42 bits per heavy atom. The van der Waals surface area contributed by atoms with Gasteiger partial charge in [0.2, 0.25) is 5.91 Å². The predicted octanol–water partition coefficient (Wildman–Crippen LogP) is 2.79. The fourth-order valence-electron chi connectivity index (χ4n) is 2.39. The molecule has 2 aromatic rings. The third kappa shape index (κ3) is 5.17. The van der Waals surface area contributed by atoms with Crippen LogP contribution >= 0.6 is 0 Å². The van der Waals surface area contributed by atoms with Crippen molar-refractivity contribution in [1.82, 2.24) is 5.32 Å². The second kappa shape index (κ2) is 9.36. The van der Waals surface area contributed by atoms with Crippen LogP contribution in [0.15, 0.2) is 42.5 Å². The van der Waals surface area contributed by atoms with Crippen LogP contribution in [0.1, 0.15) is 11.1 Å². The Morgan fingerprint density at radius 2 is 1.73 bits per heavy atom. The molecule has 0 spiro atoms. The van der Waals surface area contributed by atoms with Crippen molar-refractivity contribution in [2.24, 2.45) is 0 Å². The molecule has 0 aliphatic heterocycles. The van der Waals surface area contributed by atoms with Crippen LogP contribution in [0.5, 0.6) is 23.0 Å². The minimum absolute atomic E-state index is 0.0593. The van der Waals surface area contributed by atoms with E-state index in [-0.39, 0.29) is 11.7 Å². The highest BCUT2D eigenvalue weighted by Gasteiger charge is 2.05. The van der Waals surface area contributed by atoms with E-state index in [0.29, 0.717) is 30.2 Å². The number of benzene rings is 2. The monoisotopic (exact) mass is 357 g/mol. The molecule has 138 valence electrons. The second-order valence-corrected chi connectivity index (χ2v) is 5.49. The molecule has 0 atom stereocenters. The van der Waals surface area contributed by atoms with E-state index in [2.05, 4.69) is 5.32 Å². The van der Waals surface area contributed by atoms with E-state index in [1.165, 1.54) is 19.3 Å². The predicted molar refractivity (Wildman–Crippen MR) is 100.0 cm³/mol. The van der Waals surface area contributed by atoms with Crippen molar-refractivity contribution in [3.05, 3.63) is 53.6 Å². The number of carbonyl (C=O) groups is 1. The number of nitrogens with one attached hydrogen (secondary N) is 1. The van der Waals surface area contributed by atoms with Crippen molar-refractivity contribution in [3.63, 3.8) is 0 Å². The minimum atomic E-state index is -0.197. The Kier molecular flexibility index (Phi) is 6.91. The molecule has 0 heterocycles. The maximum atomic E-state index is 11.9. The number of phenolic OH excluding ortho intramolecular Hbond substituents is 1. The highest BCUT2D eigenvalue weighted by molar-refractivity contribution is 5.91. The number of ether oxygens (including phenoxy) is 3. The zero-order valence-corrected chi connectivity index (χ0v) is 15.1. The van der Waals surface area contributed by atoms with Crippen LogP contribution in [-0.2, 0) is 11.2 Å². The van der Waals surface area contributed by atoms with Crippen molar-refractivity contribution in [2.45, 2.75) is 6.42 Å². The van der Waals surface area contributed by atoms with Gasteiger partial charge in [0.15, 0.2) is 23.0 Å². The Bertz CT molecular complexity index is 786. The lowest BCUT2D eigenvalue weighted by molar-refractivity contribution is -0.116. The average molecular weight is 357 g/mol. The first-order valence-electron chi connectivity index (χ1n) is 8.11. The molecular formula is C20H23NO5. The van der Waals surface area contributed by atoms with Gasteiger partial charge in [-0.05, 0) is 47.9 Å². The van der Waals surface area contributed by atoms with E-state index in [1.807, 2.05) is 18.2 Å². The summed E-state index contributed by atoms with van der Waals surface area (Å²) in [5.74, 6) is 1.56. The normalized spacial score (nSPS) is 10.6. The Balaban J connectivity index is 1.87. The zero-order chi connectivity index (χ0) is 18.9. The third-order valence-electron chi connectivity index (χ3n) is 3.79. The highest BCUT2D eigenvalue weighted by atomic mass is 16.5. The third-order valence-corrected chi connectivity index (χ3v) is 3.79. The number of hydrogen-bond donors (Lipinski definition) is 2. The molecule has 0 aliphatic carbocycles. The molecular weight excluding hydrogens is 334 g/mol. The molecule has 0 bridgehead atoms. The average Bonchev–Trinajstić information content (AvgIpc) is 2.67. The maximum absolute atomic E-state index is 11.9. The summed E-state index contributed by atoms with van der Waals surface area (Å²) >= 11 is 0. The van der Waals surface area contributed by atoms with Crippen molar-refractivity contribution in [2.75, 3.05) is 27.9 Å². The molecule has 26 heavy (non-hydrogen) atoms. The molecule has 0 radical (unpaired) electrons. The van der Waals surface area contributed by atoms with Gasteiger partial charge in [0.05, 0.1) is 21.3 Å². The van der Waals surface area contributed by atoms with Crippen LogP contribution in [0.25, 0.3) is 6.08 Å². The van der Waals surface area contributed by atoms with Gasteiger partial charge >= 0.3 is 0 Å². The number of rotatable bonds is 8. The van der Waals surface area contributed by atoms with E-state index in [9.17, 15) is 9.90 Å². The van der Waals surface area contributed by atoms with Crippen LogP contribution in [0.3, 0.4) is 0 Å². The van der Waals surface area contributed by atoms with Gasteiger partial charge < -0.3 is 24.6 Å². The summed E-state index contributed by atoms with van der Waals surface area (Å²) in [6.45, 7) is 0.498. The fraction of sp³-hybridized carbons (Fsp3) is 0.250. The smallest absolute Gasteiger partial charge is 0.244 e. The van der Waals surface area contributed by atoms with Crippen LogP contribution in [0.2, 0.25) is 0 Å². The number of carbonyl (C=O) groups excluding carboxylic acids is 1. The van der Waals surface area contributed by atoms with Crippen LogP contribution < -0.4 is 19.5 Å². The summed E-state index contributed by atoms with van der Waals surface area (Å²) in [7, 11) is 4.66. The summed E-state index contributed by atoms with van der Waals surface area (Å²) in [6, 6.07) is 10.5. The lowest BCUT2D eigenvalue weighted by atomic mass is 10.1. The van der Waals surface area contributed by atoms with Crippen LogP contribution in [-0.4, -0.2) is 38.9 Å². The minimum Gasteiger partial charge on any atom is -0.504 e. The Labute approximate surface area is 153 Å². The molecule has 6 heteroatoms. The zero-order valence-electron chi connectivity index (χ0n) is 15.1. The van der Waals surface area contributed by atoms with E-state index < -0.39 is 0 Å². The van der Waals surface area contributed by atoms with Crippen molar-refractivity contribution >= 4 is 12.0 Å². The summed E-state index contributed by atoms with van der Waals surface area (Å²) in [4.78, 5) is 11.9. The van der Waals surface area contributed by atoms with E-state index in [4.69, 9.17) is 14.2 Å². The molecule has 0 saturated heterocycles. The Hall–Kier alpha value is -3.15. The van der Waals surface area contributed by atoms with Gasteiger partial charge in [-0.25, -0.2) is 0 Å². The van der Waals surface area contributed by atoms with Gasteiger partial charge in [-0.15, -0.1) is 0 Å². The summed E-state index contributed by atoms with van der Waals surface area (Å²) in [5, 5.41) is 12.4. The number of amides is 1. The first-order chi connectivity index (χ1) is 12.6. The number of phenols is 1.